The van der Waals surface area contributed by atoms with Gasteiger partial charge in [0.15, 0.2) is 0 Å². The summed E-state index contributed by atoms with van der Waals surface area (Å²) in [6.45, 7) is 4.61. The van der Waals surface area contributed by atoms with Gasteiger partial charge in [0.2, 0.25) is 23.6 Å². The number of carbonyl (C=O) groups excluding carboxylic acids is 4. The maximum atomic E-state index is 12.3. The number of hydrogen-bond acceptors (Lipinski definition) is 6. The molecule has 0 aromatic carbocycles. The number of carboxylic acid groups (broad SMARTS) is 1. The van der Waals surface area contributed by atoms with Crippen molar-refractivity contribution in [1.29, 1.82) is 0 Å². The molecule has 0 heterocycles. The highest BCUT2D eigenvalue weighted by Gasteiger charge is 2.29. The second kappa shape index (κ2) is 11.0. The van der Waals surface area contributed by atoms with Gasteiger partial charge in [0, 0.05) is 0 Å². The number of carbonyl (C=O) groups is 5. The maximum absolute atomic E-state index is 12.3. The Bertz CT molecular complexity index is 551. The highest BCUT2D eigenvalue weighted by molar-refractivity contribution is 5.95. The van der Waals surface area contributed by atoms with Crippen molar-refractivity contribution in [2.24, 2.45) is 17.4 Å². The molecule has 0 saturated carbocycles. The lowest BCUT2D eigenvalue weighted by atomic mass is 10.0. The van der Waals surface area contributed by atoms with Crippen LogP contribution in [-0.4, -0.2) is 59.4 Å². The molecule has 11 heteroatoms. The summed E-state index contributed by atoms with van der Waals surface area (Å²) < 4.78 is 0. The van der Waals surface area contributed by atoms with Crippen molar-refractivity contribution >= 4 is 29.6 Å². The van der Waals surface area contributed by atoms with E-state index in [4.69, 9.17) is 11.5 Å². The largest absolute Gasteiger partial charge is 0.480 e. The highest BCUT2D eigenvalue weighted by atomic mass is 16.4. The molecule has 0 aliphatic rings. The monoisotopic (exact) mass is 373 g/mol. The summed E-state index contributed by atoms with van der Waals surface area (Å²) in [6.07, 6.45) is -0.357. The number of carboxylic acids is 1. The van der Waals surface area contributed by atoms with Gasteiger partial charge in [-0.15, -0.1) is 0 Å². The number of nitrogens with two attached hydrogens (primary N) is 2. The molecule has 148 valence electrons. The zero-order valence-electron chi connectivity index (χ0n) is 15.1. The second-order valence-corrected chi connectivity index (χ2v) is 6.25. The molecule has 0 fully saturated rings. The molecule has 0 aromatic heterocycles. The molecule has 0 radical (unpaired) electrons. The van der Waals surface area contributed by atoms with Gasteiger partial charge in [-0.05, 0) is 19.3 Å². The van der Waals surface area contributed by atoms with Gasteiger partial charge in [0.05, 0.1) is 13.0 Å². The minimum atomic E-state index is -1.37. The molecule has 3 unspecified atom stereocenters. The minimum absolute atomic E-state index is 0.00733. The second-order valence-electron chi connectivity index (χ2n) is 6.25. The average molecular weight is 373 g/mol. The van der Waals surface area contributed by atoms with E-state index in [9.17, 15) is 29.1 Å². The molecule has 0 bridgehead atoms. The van der Waals surface area contributed by atoms with Crippen LogP contribution in [0.25, 0.3) is 0 Å². The Morgan fingerprint density at radius 2 is 1.46 bits per heavy atom. The van der Waals surface area contributed by atoms with E-state index in [1.54, 1.807) is 13.8 Å². The Balaban J connectivity index is 5.08. The fraction of sp³-hybridized carbons (Fsp3) is 0.667. The minimum Gasteiger partial charge on any atom is -0.480 e. The zero-order chi connectivity index (χ0) is 20.4. The average Bonchev–Trinajstić information content (AvgIpc) is 2.52. The lowest BCUT2D eigenvalue weighted by Gasteiger charge is -2.23. The van der Waals surface area contributed by atoms with E-state index < -0.39 is 54.1 Å². The first-order chi connectivity index (χ1) is 12.0. The van der Waals surface area contributed by atoms with Crippen molar-refractivity contribution < 1.29 is 29.1 Å². The van der Waals surface area contributed by atoms with Gasteiger partial charge in [0.25, 0.3) is 0 Å². The third kappa shape index (κ3) is 8.97. The van der Waals surface area contributed by atoms with Crippen LogP contribution in [0.3, 0.4) is 0 Å². The predicted molar refractivity (Wildman–Crippen MR) is 91.4 cm³/mol. The van der Waals surface area contributed by atoms with E-state index in [0.29, 0.717) is 0 Å². The number of primary amides is 1. The summed E-state index contributed by atoms with van der Waals surface area (Å²) in [5.74, 6) is -4.29. The van der Waals surface area contributed by atoms with E-state index in [2.05, 4.69) is 16.0 Å². The standard InChI is InChI=1S/C15H27N5O6/c1-7(2)4-10(15(25)26)20-14(24)9(5-11(17)21)19-13(23)8(3)18-12(22)6-16/h7-10H,4-6,16H2,1-3H3,(H2,17,21)(H,18,22)(H,19,23)(H,20,24)(H,25,26). The molecule has 0 saturated heterocycles. The topological polar surface area (TPSA) is 194 Å². The van der Waals surface area contributed by atoms with Crippen LogP contribution in [0.1, 0.15) is 33.6 Å². The van der Waals surface area contributed by atoms with Crippen LogP contribution in [0.2, 0.25) is 0 Å². The molecular formula is C15H27N5O6. The number of hydrogen-bond donors (Lipinski definition) is 6. The van der Waals surface area contributed by atoms with Gasteiger partial charge in [-0.3, -0.25) is 19.2 Å². The lowest BCUT2D eigenvalue weighted by Crippen LogP contribution is -2.56. The summed E-state index contributed by atoms with van der Waals surface area (Å²) >= 11 is 0. The van der Waals surface area contributed by atoms with E-state index >= 15 is 0 Å². The Morgan fingerprint density at radius 3 is 1.88 bits per heavy atom. The summed E-state index contributed by atoms with van der Waals surface area (Å²) in [5, 5.41) is 16.0. The van der Waals surface area contributed by atoms with Gasteiger partial charge in [-0.25, -0.2) is 4.79 Å². The van der Waals surface area contributed by atoms with Gasteiger partial charge < -0.3 is 32.5 Å². The van der Waals surface area contributed by atoms with Crippen LogP contribution in [-0.2, 0) is 24.0 Å². The van der Waals surface area contributed by atoms with E-state index in [1.165, 1.54) is 6.92 Å². The molecular weight excluding hydrogens is 346 g/mol. The molecule has 4 amide bonds. The van der Waals surface area contributed by atoms with E-state index in [1.807, 2.05) is 0 Å². The van der Waals surface area contributed by atoms with Crippen molar-refractivity contribution in [3.05, 3.63) is 0 Å². The lowest BCUT2D eigenvalue weighted by molar-refractivity contribution is -0.143. The predicted octanol–water partition coefficient (Wildman–Crippen LogP) is -2.57. The number of amides is 4. The molecule has 0 aromatic rings. The van der Waals surface area contributed by atoms with Crippen molar-refractivity contribution in [3.63, 3.8) is 0 Å². The maximum Gasteiger partial charge on any atom is 0.326 e. The third-order valence-corrected chi connectivity index (χ3v) is 3.32. The molecule has 3 atom stereocenters. The summed E-state index contributed by atoms with van der Waals surface area (Å²) in [5.41, 5.74) is 10.2. The van der Waals surface area contributed by atoms with Crippen LogP contribution in [0.5, 0.6) is 0 Å². The normalized spacial score (nSPS) is 14.0. The van der Waals surface area contributed by atoms with Crippen LogP contribution in [0.4, 0.5) is 0 Å². The zero-order valence-corrected chi connectivity index (χ0v) is 15.1. The van der Waals surface area contributed by atoms with Crippen molar-refractivity contribution in [2.75, 3.05) is 6.54 Å². The fourth-order valence-electron chi connectivity index (χ4n) is 2.04. The molecule has 0 aliphatic carbocycles. The van der Waals surface area contributed by atoms with Crippen LogP contribution in [0.15, 0.2) is 0 Å². The van der Waals surface area contributed by atoms with Crippen LogP contribution >= 0.6 is 0 Å². The van der Waals surface area contributed by atoms with Gasteiger partial charge in [-0.2, -0.15) is 0 Å². The first-order valence-corrected chi connectivity index (χ1v) is 8.09. The van der Waals surface area contributed by atoms with Gasteiger partial charge in [0.1, 0.15) is 18.1 Å². The smallest absolute Gasteiger partial charge is 0.326 e. The van der Waals surface area contributed by atoms with Crippen molar-refractivity contribution in [1.82, 2.24) is 16.0 Å². The van der Waals surface area contributed by atoms with E-state index in [-0.39, 0.29) is 18.9 Å². The first-order valence-electron chi connectivity index (χ1n) is 8.09. The van der Waals surface area contributed by atoms with Crippen molar-refractivity contribution in [2.45, 2.75) is 51.7 Å². The molecule has 11 nitrogen and oxygen atoms in total. The van der Waals surface area contributed by atoms with Gasteiger partial charge in [-0.1, -0.05) is 13.8 Å². The Hall–Kier alpha value is -2.69. The molecule has 8 N–H and O–H groups in total. The molecule has 0 spiro atoms. The molecule has 0 rings (SSSR count). The third-order valence-electron chi connectivity index (χ3n) is 3.32. The van der Waals surface area contributed by atoms with Gasteiger partial charge >= 0.3 is 5.97 Å². The highest BCUT2D eigenvalue weighted by Crippen LogP contribution is 2.06. The van der Waals surface area contributed by atoms with E-state index in [0.717, 1.165) is 0 Å². The van der Waals surface area contributed by atoms with Crippen molar-refractivity contribution in [3.8, 4) is 0 Å². The summed E-state index contributed by atoms with van der Waals surface area (Å²) in [4.78, 5) is 58.0. The van der Waals surface area contributed by atoms with Crippen LogP contribution < -0.4 is 27.4 Å². The quantitative estimate of drug-likeness (QED) is 0.229. The number of nitrogens with one attached hydrogen (secondary N) is 3. The first kappa shape index (κ1) is 23.3. The Morgan fingerprint density at radius 1 is 0.923 bits per heavy atom. The SMILES string of the molecule is CC(C)CC(NC(=O)C(CC(N)=O)NC(=O)C(C)NC(=O)CN)C(=O)O. The number of rotatable bonds is 11. The fourth-order valence-corrected chi connectivity index (χ4v) is 2.04. The summed E-state index contributed by atoms with van der Waals surface area (Å²) in [6, 6.07) is -3.56. The van der Waals surface area contributed by atoms with Crippen LogP contribution in [0, 0.1) is 5.92 Å². The summed E-state index contributed by atoms with van der Waals surface area (Å²) in [7, 11) is 0. The molecule has 0 aliphatic heterocycles. The Labute approximate surface area is 151 Å². The molecule has 26 heavy (non-hydrogen) atoms. The Kier molecular flexibility index (Phi) is 9.89. The number of aliphatic carboxylic acids is 1.